The molecular formula is C9H15F3N2O2. The van der Waals surface area contributed by atoms with Gasteiger partial charge in [0, 0.05) is 6.42 Å². The Balaban J connectivity index is 3.70. The molecule has 0 radical (unpaired) electrons. The van der Waals surface area contributed by atoms with Crippen molar-refractivity contribution in [3.8, 4) is 0 Å². The lowest BCUT2D eigenvalue weighted by Gasteiger charge is -2.09. The molecule has 0 saturated heterocycles. The number of halogens is 3. The lowest BCUT2D eigenvalue weighted by molar-refractivity contribution is -0.138. The minimum absolute atomic E-state index is 0.137. The van der Waals surface area contributed by atoms with Crippen molar-refractivity contribution in [2.45, 2.75) is 26.4 Å². The summed E-state index contributed by atoms with van der Waals surface area (Å²) >= 11 is 0. The fraction of sp³-hybridized carbons (Fsp3) is 0.778. The Labute approximate surface area is 91.6 Å². The van der Waals surface area contributed by atoms with Gasteiger partial charge in [0.1, 0.15) is 6.54 Å². The molecule has 0 aliphatic heterocycles. The van der Waals surface area contributed by atoms with E-state index in [0.29, 0.717) is 0 Å². The van der Waals surface area contributed by atoms with Crippen molar-refractivity contribution in [2.24, 2.45) is 5.92 Å². The van der Waals surface area contributed by atoms with Gasteiger partial charge < -0.3 is 10.6 Å². The van der Waals surface area contributed by atoms with Gasteiger partial charge >= 0.3 is 6.18 Å². The average molecular weight is 240 g/mol. The maximum Gasteiger partial charge on any atom is 0.405 e. The maximum atomic E-state index is 11.7. The number of amides is 2. The zero-order chi connectivity index (χ0) is 12.8. The smallest absolute Gasteiger partial charge is 0.347 e. The summed E-state index contributed by atoms with van der Waals surface area (Å²) in [6.07, 6.45) is -4.19. The number of hydrogen-bond acceptors (Lipinski definition) is 2. The molecule has 4 nitrogen and oxygen atoms in total. The van der Waals surface area contributed by atoms with Crippen molar-refractivity contribution in [3.05, 3.63) is 0 Å². The van der Waals surface area contributed by atoms with Gasteiger partial charge in [-0.05, 0) is 5.92 Å². The van der Waals surface area contributed by atoms with E-state index in [1.54, 1.807) is 5.32 Å². The molecule has 2 amide bonds. The highest BCUT2D eigenvalue weighted by Crippen LogP contribution is 2.11. The van der Waals surface area contributed by atoms with E-state index < -0.39 is 25.2 Å². The normalized spacial score (nSPS) is 11.4. The summed E-state index contributed by atoms with van der Waals surface area (Å²) in [6, 6.07) is 0. The van der Waals surface area contributed by atoms with E-state index >= 15 is 0 Å². The van der Waals surface area contributed by atoms with E-state index in [2.05, 4.69) is 5.32 Å². The van der Waals surface area contributed by atoms with E-state index in [-0.39, 0.29) is 18.2 Å². The molecule has 0 aromatic heterocycles. The van der Waals surface area contributed by atoms with Crippen LogP contribution in [0.25, 0.3) is 0 Å². The Morgan fingerprint density at radius 3 is 2.12 bits per heavy atom. The molecule has 7 heteroatoms. The molecule has 16 heavy (non-hydrogen) atoms. The van der Waals surface area contributed by atoms with Crippen LogP contribution in [0.5, 0.6) is 0 Å². The van der Waals surface area contributed by atoms with Gasteiger partial charge in [-0.1, -0.05) is 13.8 Å². The van der Waals surface area contributed by atoms with E-state index in [0.717, 1.165) is 0 Å². The van der Waals surface area contributed by atoms with Crippen LogP contribution in [-0.4, -0.2) is 31.1 Å². The average Bonchev–Trinajstić information content (AvgIpc) is 2.09. The van der Waals surface area contributed by atoms with Gasteiger partial charge in [0.05, 0.1) is 6.54 Å². The first-order valence-electron chi connectivity index (χ1n) is 4.81. The van der Waals surface area contributed by atoms with Gasteiger partial charge in [-0.2, -0.15) is 13.2 Å². The first kappa shape index (κ1) is 14.7. The molecule has 0 unspecified atom stereocenters. The minimum atomic E-state index is -4.43. The molecule has 0 rings (SSSR count). The van der Waals surface area contributed by atoms with Crippen LogP contribution in [0.3, 0.4) is 0 Å². The van der Waals surface area contributed by atoms with Crippen LogP contribution in [-0.2, 0) is 9.59 Å². The maximum absolute atomic E-state index is 11.7. The van der Waals surface area contributed by atoms with Crippen LogP contribution in [0.1, 0.15) is 20.3 Å². The lowest BCUT2D eigenvalue weighted by atomic mass is 10.1. The number of hydrogen-bond donors (Lipinski definition) is 2. The van der Waals surface area contributed by atoms with E-state index in [9.17, 15) is 22.8 Å². The van der Waals surface area contributed by atoms with Gasteiger partial charge in [0.2, 0.25) is 11.8 Å². The van der Waals surface area contributed by atoms with E-state index in [1.165, 1.54) is 0 Å². The first-order valence-corrected chi connectivity index (χ1v) is 4.81. The predicted octanol–water partition coefficient (Wildman–Crippen LogP) is 0.827. The number of rotatable bonds is 5. The quantitative estimate of drug-likeness (QED) is 0.747. The van der Waals surface area contributed by atoms with Crippen LogP contribution < -0.4 is 10.6 Å². The number of alkyl halides is 3. The highest BCUT2D eigenvalue weighted by molar-refractivity contribution is 5.84. The van der Waals surface area contributed by atoms with Crippen molar-refractivity contribution in [1.29, 1.82) is 0 Å². The molecule has 0 bridgehead atoms. The highest BCUT2D eigenvalue weighted by Gasteiger charge is 2.27. The Hall–Kier alpha value is -1.27. The van der Waals surface area contributed by atoms with Gasteiger partial charge in [0.15, 0.2) is 0 Å². The van der Waals surface area contributed by atoms with Gasteiger partial charge in [0.25, 0.3) is 0 Å². The van der Waals surface area contributed by atoms with Crippen LogP contribution in [0.4, 0.5) is 13.2 Å². The third kappa shape index (κ3) is 9.29. The Morgan fingerprint density at radius 2 is 1.69 bits per heavy atom. The Bertz CT molecular complexity index is 252. The molecule has 0 aliphatic carbocycles. The van der Waals surface area contributed by atoms with Gasteiger partial charge in [-0.25, -0.2) is 0 Å². The molecule has 0 aliphatic rings. The Kier molecular flexibility index (Phi) is 5.84. The van der Waals surface area contributed by atoms with Crippen LogP contribution in [0, 0.1) is 5.92 Å². The van der Waals surface area contributed by atoms with Gasteiger partial charge in [-0.15, -0.1) is 0 Å². The number of nitrogens with one attached hydrogen (secondary N) is 2. The second-order valence-corrected chi connectivity index (χ2v) is 3.77. The largest absolute Gasteiger partial charge is 0.405 e. The van der Waals surface area contributed by atoms with Gasteiger partial charge in [-0.3, -0.25) is 9.59 Å². The number of carbonyl (C=O) groups is 2. The zero-order valence-electron chi connectivity index (χ0n) is 9.15. The SMILES string of the molecule is CC(C)CC(=O)NCC(=O)NCC(F)(F)F. The summed E-state index contributed by atoms with van der Waals surface area (Å²) in [5.74, 6) is -1.06. The molecule has 94 valence electrons. The molecular weight excluding hydrogens is 225 g/mol. The van der Waals surface area contributed by atoms with E-state index in [1.807, 2.05) is 13.8 Å². The summed E-state index contributed by atoms with van der Waals surface area (Å²) in [5.41, 5.74) is 0. The number of carbonyl (C=O) groups excluding carboxylic acids is 2. The fourth-order valence-electron chi connectivity index (χ4n) is 0.883. The molecule has 0 heterocycles. The third-order valence-electron chi connectivity index (χ3n) is 1.53. The predicted molar refractivity (Wildman–Crippen MR) is 51.5 cm³/mol. The summed E-state index contributed by atoms with van der Waals surface area (Å²) in [5, 5.41) is 3.88. The van der Waals surface area contributed by atoms with Crippen molar-refractivity contribution >= 4 is 11.8 Å². The third-order valence-corrected chi connectivity index (χ3v) is 1.53. The van der Waals surface area contributed by atoms with E-state index in [4.69, 9.17) is 0 Å². The second kappa shape index (κ2) is 6.34. The van der Waals surface area contributed by atoms with Crippen molar-refractivity contribution in [2.75, 3.05) is 13.1 Å². The monoisotopic (exact) mass is 240 g/mol. The molecule has 0 saturated carbocycles. The summed E-state index contributed by atoms with van der Waals surface area (Å²) in [4.78, 5) is 21.9. The second-order valence-electron chi connectivity index (χ2n) is 3.77. The minimum Gasteiger partial charge on any atom is -0.347 e. The molecule has 2 N–H and O–H groups in total. The zero-order valence-corrected chi connectivity index (χ0v) is 9.15. The molecule has 0 spiro atoms. The standard InChI is InChI=1S/C9H15F3N2O2/c1-6(2)3-7(15)13-4-8(16)14-5-9(10,11)12/h6H,3-5H2,1-2H3,(H,13,15)(H,14,16). The highest BCUT2D eigenvalue weighted by atomic mass is 19.4. The summed E-state index contributed by atoms with van der Waals surface area (Å²) < 4.78 is 35.1. The van der Waals surface area contributed by atoms with Crippen molar-refractivity contribution < 1.29 is 22.8 Å². The first-order chi connectivity index (χ1) is 7.20. The summed E-state index contributed by atoms with van der Waals surface area (Å²) in [7, 11) is 0. The van der Waals surface area contributed by atoms with Crippen LogP contribution in [0.15, 0.2) is 0 Å². The molecule has 0 aromatic carbocycles. The van der Waals surface area contributed by atoms with Crippen molar-refractivity contribution in [1.82, 2.24) is 10.6 Å². The molecule has 0 aromatic rings. The Morgan fingerprint density at radius 1 is 1.12 bits per heavy atom. The fourth-order valence-corrected chi connectivity index (χ4v) is 0.883. The molecule has 0 fully saturated rings. The topological polar surface area (TPSA) is 58.2 Å². The van der Waals surface area contributed by atoms with Crippen molar-refractivity contribution in [3.63, 3.8) is 0 Å². The molecule has 0 atom stereocenters. The summed E-state index contributed by atoms with van der Waals surface area (Å²) in [6.45, 7) is 1.83. The lowest BCUT2D eigenvalue weighted by Crippen LogP contribution is -2.41. The van der Waals surface area contributed by atoms with Crippen LogP contribution in [0.2, 0.25) is 0 Å². The van der Waals surface area contributed by atoms with Crippen LogP contribution >= 0.6 is 0 Å².